The highest BCUT2D eigenvalue weighted by molar-refractivity contribution is 7.91. The van der Waals surface area contributed by atoms with Crippen molar-refractivity contribution in [1.82, 2.24) is 14.9 Å². The second-order valence-corrected chi connectivity index (χ2v) is 12.3. The standard InChI is InChI=1S/C28H34F3N3O4S/c1-6-27(4,5)26-33-24(18(3)34(26)16-20-10-8-9-11-22(20)28(29,30)31)25(36)32-23(17-35)19-12-14-21(15-13-19)39(37,38)7-2/h8-15,23,35H,6-7,16-17H2,1-5H3,(H,32,36). The maximum absolute atomic E-state index is 13.7. The third kappa shape index (κ3) is 6.52. The zero-order valence-corrected chi connectivity index (χ0v) is 23.4. The molecule has 0 saturated carbocycles. The van der Waals surface area contributed by atoms with Gasteiger partial charge in [-0.1, -0.05) is 58.0 Å². The highest BCUT2D eigenvalue weighted by Gasteiger charge is 2.35. The molecule has 39 heavy (non-hydrogen) atoms. The average molecular weight is 566 g/mol. The van der Waals surface area contributed by atoms with Crippen molar-refractivity contribution in [2.75, 3.05) is 12.4 Å². The van der Waals surface area contributed by atoms with E-state index in [2.05, 4.69) is 10.3 Å². The normalized spacial score (nSPS) is 13.4. The smallest absolute Gasteiger partial charge is 0.394 e. The third-order valence-electron chi connectivity index (χ3n) is 7.09. The second-order valence-electron chi connectivity index (χ2n) is 10.0. The van der Waals surface area contributed by atoms with Gasteiger partial charge in [-0.3, -0.25) is 4.79 Å². The van der Waals surface area contributed by atoms with E-state index in [-0.39, 0.29) is 28.5 Å². The molecule has 0 aliphatic rings. The zero-order chi connectivity index (χ0) is 29.2. The van der Waals surface area contributed by atoms with Gasteiger partial charge in [0.1, 0.15) is 11.5 Å². The van der Waals surface area contributed by atoms with E-state index < -0.39 is 45.5 Å². The first-order valence-corrected chi connectivity index (χ1v) is 14.3. The minimum Gasteiger partial charge on any atom is -0.394 e. The Bertz CT molecular complexity index is 1430. The number of benzene rings is 2. The number of imidazole rings is 1. The van der Waals surface area contributed by atoms with Gasteiger partial charge in [-0.05, 0) is 42.7 Å². The van der Waals surface area contributed by atoms with Crippen LogP contribution in [0.5, 0.6) is 0 Å². The molecule has 1 heterocycles. The second kappa shape index (κ2) is 11.5. The first-order chi connectivity index (χ1) is 18.2. The van der Waals surface area contributed by atoms with Crippen LogP contribution >= 0.6 is 0 Å². The van der Waals surface area contributed by atoms with Gasteiger partial charge in [-0.25, -0.2) is 13.4 Å². The van der Waals surface area contributed by atoms with E-state index in [0.717, 1.165) is 6.07 Å². The molecule has 2 aromatic carbocycles. The van der Waals surface area contributed by atoms with Gasteiger partial charge in [-0.15, -0.1) is 0 Å². The maximum Gasteiger partial charge on any atom is 0.416 e. The first kappa shape index (κ1) is 30.4. The fourth-order valence-electron chi connectivity index (χ4n) is 4.26. The van der Waals surface area contributed by atoms with E-state index in [4.69, 9.17) is 0 Å². The van der Waals surface area contributed by atoms with E-state index in [0.29, 0.717) is 23.5 Å². The van der Waals surface area contributed by atoms with Gasteiger partial charge in [-0.2, -0.15) is 13.2 Å². The summed E-state index contributed by atoms with van der Waals surface area (Å²) in [7, 11) is -3.41. The number of carbonyl (C=O) groups excluding carboxylic acids is 1. The number of aromatic nitrogens is 2. The van der Waals surface area contributed by atoms with Crippen LogP contribution < -0.4 is 5.32 Å². The topological polar surface area (TPSA) is 101 Å². The van der Waals surface area contributed by atoms with Crippen LogP contribution in [0.15, 0.2) is 53.4 Å². The predicted molar refractivity (Wildman–Crippen MR) is 142 cm³/mol. The first-order valence-electron chi connectivity index (χ1n) is 12.6. The van der Waals surface area contributed by atoms with Crippen molar-refractivity contribution in [2.45, 2.75) is 70.1 Å². The molecule has 0 bridgehead atoms. The van der Waals surface area contributed by atoms with Crippen molar-refractivity contribution >= 4 is 15.7 Å². The van der Waals surface area contributed by atoms with Crippen molar-refractivity contribution in [3.63, 3.8) is 0 Å². The molecule has 212 valence electrons. The molecule has 0 aliphatic carbocycles. The Morgan fingerprint density at radius 2 is 1.69 bits per heavy atom. The Balaban J connectivity index is 1.99. The summed E-state index contributed by atoms with van der Waals surface area (Å²) in [4.78, 5) is 18.1. The summed E-state index contributed by atoms with van der Waals surface area (Å²) in [6.45, 7) is 8.33. The van der Waals surface area contributed by atoms with Crippen LogP contribution in [0.1, 0.15) is 78.9 Å². The summed E-state index contributed by atoms with van der Waals surface area (Å²) in [5.74, 6) is -0.190. The molecule has 1 amide bonds. The molecule has 0 saturated heterocycles. The largest absolute Gasteiger partial charge is 0.416 e. The number of amides is 1. The van der Waals surface area contributed by atoms with Crippen molar-refractivity contribution in [3.05, 3.63) is 82.4 Å². The lowest BCUT2D eigenvalue weighted by atomic mass is 9.89. The summed E-state index contributed by atoms with van der Waals surface area (Å²) in [6.07, 6.45) is -3.91. The minimum atomic E-state index is -4.54. The van der Waals surface area contributed by atoms with Crippen LogP contribution in [0.25, 0.3) is 0 Å². The molecule has 1 atom stereocenters. The molecule has 3 aromatic rings. The number of hydrogen-bond donors (Lipinski definition) is 2. The number of hydrogen-bond acceptors (Lipinski definition) is 5. The summed E-state index contributed by atoms with van der Waals surface area (Å²) in [5, 5.41) is 12.7. The van der Waals surface area contributed by atoms with Gasteiger partial charge in [0.25, 0.3) is 5.91 Å². The number of carbonyl (C=O) groups is 1. The lowest BCUT2D eigenvalue weighted by molar-refractivity contribution is -0.138. The predicted octanol–water partition coefficient (Wildman–Crippen LogP) is 5.20. The molecule has 0 aliphatic heterocycles. The Labute approximate surface area is 227 Å². The lowest BCUT2D eigenvalue weighted by Gasteiger charge is -2.24. The number of aliphatic hydroxyl groups is 1. The molecular weight excluding hydrogens is 531 g/mol. The van der Waals surface area contributed by atoms with E-state index in [9.17, 15) is 31.5 Å². The van der Waals surface area contributed by atoms with Crippen molar-refractivity contribution < 1.29 is 31.5 Å². The average Bonchev–Trinajstić information content (AvgIpc) is 3.23. The van der Waals surface area contributed by atoms with Crippen molar-refractivity contribution in [1.29, 1.82) is 0 Å². The molecular formula is C28H34F3N3O4S. The number of nitrogens with one attached hydrogen (secondary N) is 1. The summed E-state index contributed by atoms with van der Waals surface area (Å²) < 4.78 is 66.9. The molecule has 1 aromatic heterocycles. The van der Waals surface area contributed by atoms with Gasteiger partial charge in [0, 0.05) is 17.7 Å². The van der Waals surface area contributed by atoms with Gasteiger partial charge in [0.05, 0.1) is 28.9 Å². The Kier molecular flexibility index (Phi) is 8.96. The number of alkyl halides is 3. The van der Waals surface area contributed by atoms with Gasteiger partial charge >= 0.3 is 6.18 Å². The van der Waals surface area contributed by atoms with Gasteiger partial charge in [0.2, 0.25) is 0 Å². The third-order valence-corrected chi connectivity index (χ3v) is 8.84. The van der Waals surface area contributed by atoms with E-state index in [1.165, 1.54) is 49.4 Å². The quantitative estimate of drug-likeness (QED) is 0.352. The summed E-state index contributed by atoms with van der Waals surface area (Å²) >= 11 is 0. The van der Waals surface area contributed by atoms with Gasteiger partial charge < -0.3 is 15.0 Å². The van der Waals surface area contributed by atoms with E-state index >= 15 is 0 Å². The lowest BCUT2D eigenvalue weighted by Crippen LogP contribution is -2.31. The maximum atomic E-state index is 13.7. The van der Waals surface area contributed by atoms with Crippen molar-refractivity contribution in [2.24, 2.45) is 0 Å². The van der Waals surface area contributed by atoms with Gasteiger partial charge in [0.15, 0.2) is 9.84 Å². The van der Waals surface area contributed by atoms with Crippen LogP contribution in [-0.2, 0) is 28.0 Å². The number of halogens is 3. The number of nitrogens with zero attached hydrogens (tertiary/aromatic N) is 2. The Morgan fingerprint density at radius 1 is 1.08 bits per heavy atom. The molecule has 2 N–H and O–H groups in total. The monoisotopic (exact) mass is 565 g/mol. The molecule has 0 fully saturated rings. The van der Waals surface area contributed by atoms with E-state index in [1.807, 2.05) is 20.8 Å². The Hall–Kier alpha value is -3.18. The molecule has 7 nitrogen and oxygen atoms in total. The molecule has 1 unspecified atom stereocenters. The van der Waals surface area contributed by atoms with E-state index in [1.54, 1.807) is 11.5 Å². The van der Waals surface area contributed by atoms with Crippen LogP contribution in [-0.4, -0.2) is 41.3 Å². The van der Waals surface area contributed by atoms with Crippen LogP contribution in [0.2, 0.25) is 0 Å². The fraction of sp³-hybridized carbons (Fsp3) is 0.429. The van der Waals surface area contributed by atoms with Crippen LogP contribution in [0, 0.1) is 6.92 Å². The summed E-state index contributed by atoms with van der Waals surface area (Å²) in [5.41, 5.74) is -0.319. The number of rotatable bonds is 10. The molecule has 0 radical (unpaired) electrons. The molecule has 0 spiro atoms. The Morgan fingerprint density at radius 3 is 2.23 bits per heavy atom. The molecule has 11 heteroatoms. The summed E-state index contributed by atoms with van der Waals surface area (Å²) in [6, 6.07) is 10.3. The highest BCUT2D eigenvalue weighted by Crippen LogP contribution is 2.34. The molecule has 3 rings (SSSR count). The number of sulfone groups is 1. The number of aliphatic hydroxyl groups excluding tert-OH is 1. The van der Waals surface area contributed by atoms with Crippen LogP contribution in [0.3, 0.4) is 0 Å². The minimum absolute atomic E-state index is 0.0413. The highest BCUT2D eigenvalue weighted by atomic mass is 32.2. The SMILES string of the molecule is CCC(C)(C)c1nc(C(=O)NC(CO)c2ccc(S(=O)(=O)CC)cc2)c(C)n1Cc1ccccc1C(F)(F)F. The zero-order valence-electron chi connectivity index (χ0n) is 22.6. The fourth-order valence-corrected chi connectivity index (χ4v) is 5.14. The van der Waals surface area contributed by atoms with Crippen LogP contribution in [0.4, 0.5) is 13.2 Å². The van der Waals surface area contributed by atoms with Crippen molar-refractivity contribution in [3.8, 4) is 0 Å².